The van der Waals surface area contributed by atoms with E-state index in [1.807, 2.05) is 42.5 Å². The maximum atomic E-state index is 11.5. The fourth-order valence-electron chi connectivity index (χ4n) is 7.81. The van der Waals surface area contributed by atoms with E-state index in [9.17, 15) is 15.3 Å². The van der Waals surface area contributed by atoms with Gasteiger partial charge in [-0.15, -0.1) is 0 Å². The first kappa shape index (κ1) is 31.8. The number of nitrogens with zero attached hydrogens (tertiary/aromatic N) is 2. The molecule has 2 aliphatic heterocycles. The van der Waals surface area contributed by atoms with Crippen LogP contribution in [-0.2, 0) is 25.7 Å². The minimum Gasteiger partial charge on any atom is -0.504 e. The average molecular weight is 655 g/mol. The van der Waals surface area contributed by atoms with Crippen molar-refractivity contribution in [3.05, 3.63) is 75.8 Å². The third-order valence-electron chi connectivity index (χ3n) is 10.4. The van der Waals surface area contributed by atoms with Gasteiger partial charge in [-0.3, -0.25) is 9.80 Å². The molecule has 48 heavy (non-hydrogen) atoms. The van der Waals surface area contributed by atoms with Gasteiger partial charge in [-0.2, -0.15) is 0 Å². The molecule has 0 saturated heterocycles. The molecule has 2 heterocycles. The van der Waals surface area contributed by atoms with Crippen LogP contribution in [-0.4, -0.2) is 80.7 Å². The van der Waals surface area contributed by atoms with Gasteiger partial charge in [0.15, 0.2) is 34.5 Å². The van der Waals surface area contributed by atoms with Gasteiger partial charge in [0.2, 0.25) is 11.5 Å². The second-order valence-corrected chi connectivity index (χ2v) is 12.8. The van der Waals surface area contributed by atoms with Gasteiger partial charge in [-0.05, 0) is 97.9 Å². The van der Waals surface area contributed by atoms with Crippen LogP contribution in [0.25, 0.3) is 11.1 Å². The Balaban J connectivity index is 1.26. The van der Waals surface area contributed by atoms with Crippen LogP contribution in [0.4, 0.5) is 0 Å². The number of hydrogen-bond donors (Lipinski definition) is 3. The molecule has 3 aliphatic rings. The van der Waals surface area contributed by atoms with Gasteiger partial charge < -0.3 is 39.0 Å². The van der Waals surface area contributed by atoms with Crippen LogP contribution in [0.1, 0.15) is 45.5 Å². The lowest BCUT2D eigenvalue weighted by atomic mass is 9.75. The average Bonchev–Trinajstić information content (AvgIpc) is 3.09. The minimum absolute atomic E-state index is 0.0737. The van der Waals surface area contributed by atoms with Crippen molar-refractivity contribution in [2.75, 3.05) is 55.6 Å². The number of hydrogen-bond acceptors (Lipinski definition) is 10. The summed E-state index contributed by atoms with van der Waals surface area (Å²) in [5.74, 6) is 2.56. The van der Waals surface area contributed by atoms with Crippen LogP contribution in [0.15, 0.2) is 42.5 Å². The zero-order valence-corrected chi connectivity index (χ0v) is 28.2. The topological polar surface area (TPSA) is 113 Å². The van der Waals surface area contributed by atoms with Crippen molar-refractivity contribution in [1.82, 2.24) is 9.80 Å². The molecule has 0 saturated carbocycles. The van der Waals surface area contributed by atoms with Crippen molar-refractivity contribution < 1.29 is 39.0 Å². The predicted molar refractivity (Wildman–Crippen MR) is 182 cm³/mol. The fourth-order valence-corrected chi connectivity index (χ4v) is 7.81. The number of rotatable bonds is 8. The number of likely N-dealkylation sites (N-methyl/N-ethyl adjacent to an activating group) is 2. The maximum absolute atomic E-state index is 11.5. The number of aromatic hydroxyl groups is 3. The molecule has 0 unspecified atom stereocenters. The summed E-state index contributed by atoms with van der Waals surface area (Å²) in [6.45, 7) is 1.64. The molecule has 2 atom stereocenters. The molecule has 10 nitrogen and oxygen atoms in total. The summed E-state index contributed by atoms with van der Waals surface area (Å²) < 4.78 is 29.2. The second-order valence-electron chi connectivity index (χ2n) is 12.8. The third-order valence-corrected chi connectivity index (χ3v) is 10.4. The van der Waals surface area contributed by atoms with E-state index >= 15 is 0 Å². The number of methoxy groups -OCH3 is 4. The van der Waals surface area contributed by atoms with E-state index in [0.717, 1.165) is 70.4 Å². The SMILES string of the molecule is COc1cc2c(cc1O)CCN(C)[C@H]2Cc1ccc(Oc2c(O)c(OC)cc3c2C[C@H]2c4c(c(O)c(OC)c(OC)c4-3)CCN2C)cc1. The van der Waals surface area contributed by atoms with E-state index in [1.165, 1.54) is 14.2 Å². The zero-order chi connectivity index (χ0) is 33.9. The van der Waals surface area contributed by atoms with E-state index < -0.39 is 0 Å². The van der Waals surface area contributed by atoms with Crippen molar-refractivity contribution in [3.63, 3.8) is 0 Å². The summed E-state index contributed by atoms with van der Waals surface area (Å²) in [6.07, 6.45) is 2.85. The normalized spacial score (nSPS) is 18.4. The summed E-state index contributed by atoms with van der Waals surface area (Å²) >= 11 is 0. The Labute approximate surface area is 280 Å². The van der Waals surface area contributed by atoms with Crippen LogP contribution in [0.3, 0.4) is 0 Å². The molecule has 0 bridgehead atoms. The van der Waals surface area contributed by atoms with Crippen LogP contribution in [0.2, 0.25) is 0 Å². The number of phenolic OH excluding ortho intramolecular Hbond substituents is 3. The van der Waals surface area contributed by atoms with Crippen molar-refractivity contribution >= 4 is 0 Å². The van der Waals surface area contributed by atoms with Crippen molar-refractivity contribution in [3.8, 4) is 62.9 Å². The molecule has 0 aromatic heterocycles. The molecule has 1 aliphatic carbocycles. The van der Waals surface area contributed by atoms with Crippen LogP contribution in [0, 0.1) is 0 Å². The van der Waals surface area contributed by atoms with E-state index in [-0.39, 0.29) is 40.8 Å². The Bertz CT molecular complexity index is 1890. The Morgan fingerprint density at radius 2 is 1.44 bits per heavy atom. The largest absolute Gasteiger partial charge is 0.504 e. The van der Waals surface area contributed by atoms with Gasteiger partial charge in [-0.25, -0.2) is 0 Å². The lowest BCUT2D eigenvalue weighted by molar-refractivity contribution is 0.221. The van der Waals surface area contributed by atoms with E-state index in [4.69, 9.17) is 23.7 Å². The van der Waals surface area contributed by atoms with E-state index in [0.29, 0.717) is 35.8 Å². The molecule has 0 fully saturated rings. The summed E-state index contributed by atoms with van der Waals surface area (Å²) in [5.41, 5.74) is 7.69. The molecule has 0 radical (unpaired) electrons. The van der Waals surface area contributed by atoms with Crippen molar-refractivity contribution in [2.45, 2.75) is 37.8 Å². The van der Waals surface area contributed by atoms with Crippen LogP contribution >= 0.6 is 0 Å². The van der Waals surface area contributed by atoms with E-state index in [1.54, 1.807) is 14.2 Å². The van der Waals surface area contributed by atoms with Gasteiger partial charge in [0.25, 0.3) is 0 Å². The monoisotopic (exact) mass is 654 g/mol. The Morgan fingerprint density at radius 3 is 2.12 bits per heavy atom. The first-order chi connectivity index (χ1) is 23.2. The molecule has 0 amide bonds. The molecule has 7 rings (SSSR count). The Morgan fingerprint density at radius 1 is 0.729 bits per heavy atom. The van der Waals surface area contributed by atoms with E-state index in [2.05, 4.69) is 23.9 Å². The third kappa shape index (κ3) is 5.02. The zero-order valence-electron chi connectivity index (χ0n) is 28.2. The molecular weight excluding hydrogens is 612 g/mol. The Kier molecular flexibility index (Phi) is 8.17. The summed E-state index contributed by atoms with van der Waals surface area (Å²) in [5, 5.41) is 33.1. The number of benzene rings is 4. The predicted octanol–water partition coefficient (Wildman–Crippen LogP) is 6.15. The van der Waals surface area contributed by atoms with Gasteiger partial charge in [0.1, 0.15) is 5.75 Å². The first-order valence-electron chi connectivity index (χ1n) is 16.2. The molecular formula is C38H42N2O8. The standard InChI is InChI=1S/C38H42N2O8/c1-39-13-11-21-16-29(41)30(44-3)18-24(21)27(39)15-20-7-9-22(10-8-20)48-36-26-17-28-32-23(12-14-40(28)2)34(42)38(47-6)37(46-5)33(32)25(26)19-31(45-4)35(36)43/h7-10,16,18-19,27-28,41-43H,11-15,17H2,1-6H3/t27-,28-/m0/s1. The molecule has 10 heteroatoms. The maximum Gasteiger partial charge on any atom is 0.204 e. The summed E-state index contributed by atoms with van der Waals surface area (Å²) in [4.78, 5) is 4.59. The Hall–Kier alpha value is -4.80. The van der Waals surface area contributed by atoms with Crippen LogP contribution < -0.4 is 23.7 Å². The van der Waals surface area contributed by atoms with Gasteiger partial charge in [-0.1, -0.05) is 12.1 Å². The van der Waals surface area contributed by atoms with Gasteiger partial charge >= 0.3 is 0 Å². The smallest absolute Gasteiger partial charge is 0.204 e. The highest BCUT2D eigenvalue weighted by atomic mass is 16.5. The molecule has 252 valence electrons. The van der Waals surface area contributed by atoms with Gasteiger partial charge in [0.05, 0.1) is 28.4 Å². The quantitative estimate of drug-likeness (QED) is 0.204. The lowest BCUT2D eigenvalue weighted by Crippen LogP contribution is -2.36. The first-order valence-corrected chi connectivity index (χ1v) is 16.2. The molecule has 0 spiro atoms. The summed E-state index contributed by atoms with van der Waals surface area (Å²) in [7, 11) is 10.4. The molecule has 3 N–H and O–H groups in total. The van der Waals surface area contributed by atoms with Crippen molar-refractivity contribution in [1.29, 1.82) is 0 Å². The molecule has 4 aromatic rings. The lowest BCUT2D eigenvalue weighted by Gasteiger charge is -2.41. The highest BCUT2D eigenvalue weighted by Crippen LogP contribution is 2.60. The van der Waals surface area contributed by atoms with Gasteiger partial charge in [0, 0.05) is 41.9 Å². The highest BCUT2D eigenvalue weighted by molar-refractivity contribution is 5.89. The number of ether oxygens (including phenoxy) is 5. The second kappa shape index (κ2) is 12.3. The fraction of sp³-hybridized carbons (Fsp3) is 0.368. The highest BCUT2D eigenvalue weighted by Gasteiger charge is 2.41. The summed E-state index contributed by atoms with van der Waals surface area (Å²) in [6, 6.07) is 13.6. The van der Waals surface area contributed by atoms with Crippen molar-refractivity contribution in [2.24, 2.45) is 0 Å². The number of fused-ring (bicyclic) bond motifs is 3. The minimum atomic E-state index is -0.0789. The van der Waals surface area contributed by atoms with Crippen LogP contribution in [0.5, 0.6) is 51.7 Å². The number of phenols is 3. The molecule has 4 aromatic carbocycles.